The molecular weight excluding hydrogens is 488 g/mol. The maximum absolute atomic E-state index is 13.4. The fourth-order valence-corrected chi connectivity index (χ4v) is 4.87. The Morgan fingerprint density at radius 2 is 1.89 bits per heavy atom. The van der Waals surface area contributed by atoms with Gasteiger partial charge in [0.1, 0.15) is 6.04 Å². The van der Waals surface area contributed by atoms with E-state index in [1.807, 2.05) is 18.2 Å². The quantitative estimate of drug-likeness (QED) is 0.327. The van der Waals surface area contributed by atoms with Crippen LogP contribution in [0.5, 0.6) is 0 Å². The molecule has 180 valence electrons. The van der Waals surface area contributed by atoms with Crippen molar-refractivity contribution in [2.75, 3.05) is 18.1 Å². The van der Waals surface area contributed by atoms with Crippen molar-refractivity contribution in [2.24, 2.45) is 0 Å². The van der Waals surface area contributed by atoms with Crippen LogP contribution < -0.4 is 4.90 Å². The van der Waals surface area contributed by atoms with Gasteiger partial charge in [0, 0.05) is 11.6 Å². The van der Waals surface area contributed by atoms with Crippen LogP contribution in [0, 0.1) is 0 Å². The summed E-state index contributed by atoms with van der Waals surface area (Å²) < 4.78 is 4.98. The van der Waals surface area contributed by atoms with Crippen molar-refractivity contribution in [3.8, 4) is 0 Å². The van der Waals surface area contributed by atoms with Crippen LogP contribution in [-0.2, 0) is 20.7 Å². The van der Waals surface area contributed by atoms with E-state index < -0.39 is 23.8 Å². The summed E-state index contributed by atoms with van der Waals surface area (Å²) in [6, 6.07) is 15.9. The normalized spacial score (nSPS) is 15.4. The molecule has 3 amide bonds. The highest BCUT2D eigenvalue weighted by molar-refractivity contribution is 7.12. The van der Waals surface area contributed by atoms with Crippen LogP contribution in [0.1, 0.15) is 38.9 Å². The third kappa shape index (κ3) is 5.44. The Bertz CT molecular complexity index is 1240. The van der Waals surface area contributed by atoms with Crippen LogP contribution in [0.3, 0.4) is 0 Å². The Morgan fingerprint density at radius 3 is 2.54 bits per heavy atom. The zero-order valence-corrected chi connectivity index (χ0v) is 20.6. The zero-order valence-electron chi connectivity index (χ0n) is 19.0. The van der Waals surface area contributed by atoms with Gasteiger partial charge >= 0.3 is 5.97 Å². The van der Waals surface area contributed by atoms with Crippen molar-refractivity contribution in [2.45, 2.75) is 25.8 Å². The lowest BCUT2D eigenvalue weighted by Crippen LogP contribution is -2.46. The molecule has 7 nitrogen and oxygen atoms in total. The predicted octanol–water partition coefficient (Wildman–Crippen LogP) is 4.60. The van der Waals surface area contributed by atoms with Crippen LogP contribution in [0.25, 0.3) is 0 Å². The van der Waals surface area contributed by atoms with Crippen LogP contribution in [0.2, 0.25) is 5.02 Å². The second-order valence-electron chi connectivity index (χ2n) is 7.91. The number of nitrogens with zero attached hydrogens (tertiary/aromatic N) is 2. The monoisotopic (exact) mass is 510 g/mol. The lowest BCUT2D eigenvalue weighted by Gasteiger charge is -2.27. The molecule has 2 heterocycles. The van der Waals surface area contributed by atoms with Gasteiger partial charge in [-0.3, -0.25) is 14.4 Å². The number of imide groups is 1. The minimum Gasteiger partial charge on any atom is -0.462 e. The number of ether oxygens (including phenoxy) is 1. The third-order valence-corrected chi connectivity index (χ3v) is 6.75. The Labute approximate surface area is 211 Å². The lowest BCUT2D eigenvalue weighted by atomic mass is 10.1. The van der Waals surface area contributed by atoms with Gasteiger partial charge < -0.3 is 9.64 Å². The number of anilines is 1. The van der Waals surface area contributed by atoms with Crippen molar-refractivity contribution in [3.63, 3.8) is 0 Å². The molecule has 35 heavy (non-hydrogen) atoms. The highest BCUT2D eigenvalue weighted by atomic mass is 35.5. The zero-order chi connectivity index (χ0) is 24.9. The highest BCUT2D eigenvalue weighted by Gasteiger charge is 2.44. The van der Waals surface area contributed by atoms with Crippen LogP contribution >= 0.6 is 22.9 Å². The molecule has 1 aliphatic heterocycles. The summed E-state index contributed by atoms with van der Waals surface area (Å²) >= 11 is 7.38. The van der Waals surface area contributed by atoms with Gasteiger partial charge in [-0.1, -0.05) is 29.8 Å². The predicted molar refractivity (Wildman–Crippen MR) is 134 cm³/mol. The minimum atomic E-state index is -0.930. The molecule has 3 aromatic rings. The largest absolute Gasteiger partial charge is 0.462 e. The molecular formula is C26H23ClN2O5S. The van der Waals surface area contributed by atoms with E-state index >= 15 is 0 Å². The summed E-state index contributed by atoms with van der Waals surface area (Å²) in [5, 5.41) is 2.38. The maximum Gasteiger partial charge on any atom is 0.338 e. The molecule has 2 aromatic carbocycles. The van der Waals surface area contributed by atoms with Gasteiger partial charge in [-0.15, -0.1) is 11.3 Å². The van der Waals surface area contributed by atoms with E-state index in [2.05, 4.69) is 0 Å². The number of amides is 3. The number of esters is 1. The van der Waals surface area contributed by atoms with E-state index in [0.717, 1.165) is 10.5 Å². The van der Waals surface area contributed by atoms with E-state index in [1.165, 1.54) is 40.5 Å². The summed E-state index contributed by atoms with van der Waals surface area (Å²) in [5.74, 6) is -1.66. The summed E-state index contributed by atoms with van der Waals surface area (Å²) in [6.07, 6.45) is 0.356. The van der Waals surface area contributed by atoms with Crippen molar-refractivity contribution in [3.05, 3.63) is 87.1 Å². The molecule has 0 N–H and O–H groups in total. The number of hydrogen-bond acceptors (Lipinski definition) is 6. The first kappa shape index (κ1) is 24.6. The Hall–Kier alpha value is -3.49. The molecule has 9 heteroatoms. The van der Waals surface area contributed by atoms with Crippen LogP contribution in [-0.4, -0.2) is 47.8 Å². The van der Waals surface area contributed by atoms with Gasteiger partial charge in [0.05, 0.1) is 29.2 Å². The fraction of sp³-hybridized carbons (Fsp3) is 0.231. The molecule has 4 rings (SSSR count). The van der Waals surface area contributed by atoms with Crippen molar-refractivity contribution in [1.82, 2.24) is 4.90 Å². The molecule has 0 spiro atoms. The molecule has 1 saturated heterocycles. The molecule has 1 aliphatic rings. The number of carbonyl (C=O) groups excluding carboxylic acids is 4. The molecule has 0 aliphatic carbocycles. The highest BCUT2D eigenvalue weighted by Crippen LogP contribution is 2.28. The minimum absolute atomic E-state index is 0.120. The molecule has 0 radical (unpaired) electrons. The van der Waals surface area contributed by atoms with Gasteiger partial charge in [0.2, 0.25) is 5.91 Å². The van der Waals surface area contributed by atoms with Crippen LogP contribution in [0.15, 0.2) is 66.0 Å². The van der Waals surface area contributed by atoms with E-state index in [9.17, 15) is 19.2 Å². The third-order valence-electron chi connectivity index (χ3n) is 5.66. The molecule has 1 fully saturated rings. The molecule has 0 saturated carbocycles. The topological polar surface area (TPSA) is 84.0 Å². The first-order valence-electron chi connectivity index (χ1n) is 11.1. The summed E-state index contributed by atoms with van der Waals surface area (Å²) in [6.45, 7) is 2.20. The molecule has 1 aromatic heterocycles. The van der Waals surface area contributed by atoms with Gasteiger partial charge in [-0.2, -0.15) is 0 Å². The smallest absolute Gasteiger partial charge is 0.338 e. The molecule has 1 atom stereocenters. The van der Waals surface area contributed by atoms with Gasteiger partial charge in [0.15, 0.2) is 0 Å². The van der Waals surface area contributed by atoms with Crippen molar-refractivity contribution < 1.29 is 23.9 Å². The van der Waals surface area contributed by atoms with Crippen molar-refractivity contribution in [1.29, 1.82) is 0 Å². The number of hydrogen-bond donors (Lipinski definition) is 0. The van der Waals surface area contributed by atoms with E-state index in [-0.39, 0.29) is 25.5 Å². The second kappa shape index (κ2) is 10.8. The maximum atomic E-state index is 13.4. The first-order valence-corrected chi connectivity index (χ1v) is 12.4. The summed E-state index contributed by atoms with van der Waals surface area (Å²) in [7, 11) is 0. The summed E-state index contributed by atoms with van der Waals surface area (Å²) in [4.78, 5) is 54.6. The standard InChI is InChI=1S/C26H23ClN2O5S/c1-2-34-26(33)18-8-10-20(11-9-18)29-23(30)16-21(24(29)31)28(25(32)22-7-4-14-35-22)13-12-17-5-3-6-19(27)15-17/h3-11,14-15,21H,2,12-13,16H2,1H3. The molecule has 0 bridgehead atoms. The number of halogens is 1. The lowest BCUT2D eigenvalue weighted by molar-refractivity contribution is -0.122. The Morgan fingerprint density at radius 1 is 1.11 bits per heavy atom. The van der Waals surface area contributed by atoms with Gasteiger partial charge in [0.25, 0.3) is 11.8 Å². The molecule has 1 unspecified atom stereocenters. The number of carbonyl (C=O) groups is 4. The van der Waals surface area contributed by atoms with Gasteiger partial charge in [-0.05, 0) is 66.8 Å². The number of thiophene rings is 1. The average molecular weight is 511 g/mol. The average Bonchev–Trinajstić information content (AvgIpc) is 3.48. The van der Waals surface area contributed by atoms with E-state index in [0.29, 0.717) is 27.6 Å². The van der Waals surface area contributed by atoms with E-state index in [1.54, 1.807) is 30.5 Å². The van der Waals surface area contributed by atoms with E-state index in [4.69, 9.17) is 16.3 Å². The number of benzene rings is 2. The Balaban J connectivity index is 1.57. The summed E-state index contributed by atoms with van der Waals surface area (Å²) in [5.41, 5.74) is 1.58. The second-order valence-corrected chi connectivity index (χ2v) is 9.29. The fourth-order valence-electron chi connectivity index (χ4n) is 3.97. The number of rotatable bonds is 8. The Kier molecular flexibility index (Phi) is 7.63. The van der Waals surface area contributed by atoms with Crippen molar-refractivity contribution >= 4 is 52.3 Å². The van der Waals surface area contributed by atoms with Gasteiger partial charge in [-0.25, -0.2) is 9.69 Å². The SMILES string of the molecule is CCOC(=O)c1ccc(N2C(=O)CC(N(CCc3cccc(Cl)c3)C(=O)c3cccs3)C2=O)cc1. The first-order chi connectivity index (χ1) is 16.9. The van der Waals surface area contributed by atoms with Crippen LogP contribution in [0.4, 0.5) is 5.69 Å².